The van der Waals surface area contributed by atoms with Gasteiger partial charge in [-0.1, -0.05) is 65.8 Å². The lowest BCUT2D eigenvalue weighted by atomic mass is 9.93. The van der Waals surface area contributed by atoms with Crippen molar-refractivity contribution < 1.29 is 18.9 Å². The normalized spacial score (nSPS) is 17.7. The van der Waals surface area contributed by atoms with E-state index in [-0.39, 0.29) is 5.56 Å². The second-order valence-electron chi connectivity index (χ2n) is 8.44. The van der Waals surface area contributed by atoms with Crippen LogP contribution in [0, 0.1) is 0 Å². The third kappa shape index (κ3) is 3.90. The molecule has 2 N–H and O–H groups in total. The molecule has 3 aromatic carbocycles. The predicted molar refractivity (Wildman–Crippen MR) is 125 cm³/mol. The average molecular weight is 454 g/mol. The Hall–Kier alpha value is -4.46. The number of hydrazine groups is 1. The molecule has 0 aliphatic carbocycles. The third-order valence-electron chi connectivity index (χ3n) is 6.01. The smallest absolute Gasteiger partial charge is 0.344 e. The van der Waals surface area contributed by atoms with Crippen molar-refractivity contribution >= 4 is 28.7 Å². The molecule has 4 amide bonds. The van der Waals surface area contributed by atoms with Crippen LogP contribution in [0.5, 0.6) is 0 Å². The standard InChI is InChI=1S/C26H22N4O4/c1-26(15-14-17-8-4-2-5-9-17)24(32)30(25(33)27-26)28-23(31)19-12-13-21-20(16-19)22(34-29-21)18-10-6-3-7-11-18/h2-13,16H,14-15H2,1H3,(H,27,33)(H,28,31). The minimum absolute atomic E-state index is 0.270. The summed E-state index contributed by atoms with van der Waals surface area (Å²) in [7, 11) is 0. The Labute approximate surface area is 195 Å². The van der Waals surface area contributed by atoms with Crippen LogP contribution in [-0.4, -0.2) is 33.5 Å². The van der Waals surface area contributed by atoms with Crippen LogP contribution < -0.4 is 10.7 Å². The molecule has 1 atom stereocenters. The first-order chi connectivity index (χ1) is 16.4. The summed E-state index contributed by atoms with van der Waals surface area (Å²) < 4.78 is 5.48. The van der Waals surface area contributed by atoms with E-state index in [0.717, 1.165) is 16.1 Å². The zero-order chi connectivity index (χ0) is 23.7. The Morgan fingerprint density at radius 2 is 1.74 bits per heavy atom. The number of aryl methyl sites for hydroxylation is 1. The van der Waals surface area contributed by atoms with Crippen LogP contribution >= 0.6 is 0 Å². The molecule has 2 heterocycles. The molecule has 1 aliphatic heterocycles. The van der Waals surface area contributed by atoms with Gasteiger partial charge in [-0.2, -0.15) is 5.01 Å². The van der Waals surface area contributed by atoms with Crippen molar-refractivity contribution in [3.05, 3.63) is 90.0 Å². The van der Waals surface area contributed by atoms with Gasteiger partial charge in [0.1, 0.15) is 11.1 Å². The Morgan fingerprint density at radius 1 is 1.03 bits per heavy atom. The fraction of sp³-hybridized carbons (Fsp3) is 0.154. The van der Waals surface area contributed by atoms with Crippen LogP contribution in [0.2, 0.25) is 0 Å². The van der Waals surface area contributed by atoms with Crippen LogP contribution in [0.4, 0.5) is 4.79 Å². The highest BCUT2D eigenvalue weighted by Crippen LogP contribution is 2.29. The summed E-state index contributed by atoms with van der Waals surface area (Å²) in [5.74, 6) is -0.551. The van der Waals surface area contributed by atoms with Crippen LogP contribution in [0.15, 0.2) is 83.4 Å². The van der Waals surface area contributed by atoms with Gasteiger partial charge in [0.2, 0.25) is 0 Å². The van der Waals surface area contributed by atoms with Crippen molar-refractivity contribution in [3.63, 3.8) is 0 Å². The maximum atomic E-state index is 13.0. The van der Waals surface area contributed by atoms with E-state index >= 15 is 0 Å². The van der Waals surface area contributed by atoms with E-state index in [1.54, 1.807) is 25.1 Å². The molecule has 34 heavy (non-hydrogen) atoms. The number of aromatic nitrogens is 1. The molecule has 170 valence electrons. The van der Waals surface area contributed by atoms with Crippen LogP contribution in [0.3, 0.4) is 0 Å². The SMILES string of the molecule is CC1(CCc2ccccc2)NC(=O)N(NC(=O)c2ccc3noc(-c4ccccc4)c3c2)C1=O. The number of carbonyl (C=O) groups is 3. The van der Waals surface area contributed by atoms with Crippen LogP contribution in [0.25, 0.3) is 22.2 Å². The summed E-state index contributed by atoms with van der Waals surface area (Å²) in [5.41, 5.74) is 4.08. The van der Waals surface area contributed by atoms with Gasteiger partial charge in [0, 0.05) is 11.1 Å². The minimum Gasteiger partial charge on any atom is -0.355 e. The Bertz CT molecular complexity index is 1380. The number of amides is 4. The van der Waals surface area contributed by atoms with Gasteiger partial charge >= 0.3 is 6.03 Å². The summed E-state index contributed by atoms with van der Waals surface area (Å²) in [4.78, 5) is 38.5. The number of carbonyl (C=O) groups excluding carboxylic acids is 3. The van der Waals surface area contributed by atoms with Crippen molar-refractivity contribution in [3.8, 4) is 11.3 Å². The first kappa shape index (κ1) is 21.4. The van der Waals surface area contributed by atoms with Crippen molar-refractivity contribution in [1.29, 1.82) is 0 Å². The van der Waals surface area contributed by atoms with E-state index in [1.807, 2.05) is 60.7 Å². The molecule has 0 radical (unpaired) electrons. The highest BCUT2D eigenvalue weighted by atomic mass is 16.5. The number of nitrogens with one attached hydrogen (secondary N) is 2. The number of rotatable bonds is 6. The fourth-order valence-electron chi connectivity index (χ4n) is 4.04. The molecule has 0 spiro atoms. The van der Waals surface area contributed by atoms with Gasteiger partial charge in [0.25, 0.3) is 11.8 Å². The zero-order valence-electron chi connectivity index (χ0n) is 18.4. The van der Waals surface area contributed by atoms with Crippen LogP contribution in [-0.2, 0) is 11.2 Å². The predicted octanol–water partition coefficient (Wildman–Crippen LogP) is 4.08. The molecule has 8 nitrogen and oxygen atoms in total. The summed E-state index contributed by atoms with van der Waals surface area (Å²) in [5, 5.41) is 8.17. The van der Waals surface area contributed by atoms with Crippen molar-refractivity contribution in [2.75, 3.05) is 0 Å². The lowest BCUT2D eigenvalue weighted by Crippen LogP contribution is -2.48. The lowest BCUT2D eigenvalue weighted by molar-refractivity contribution is -0.132. The first-order valence-corrected chi connectivity index (χ1v) is 10.9. The van der Waals surface area contributed by atoms with Gasteiger partial charge in [0.05, 0.1) is 5.39 Å². The fourth-order valence-corrected chi connectivity index (χ4v) is 4.04. The van der Waals surface area contributed by atoms with E-state index in [2.05, 4.69) is 15.9 Å². The molecular formula is C26H22N4O4. The van der Waals surface area contributed by atoms with Gasteiger partial charge in [-0.3, -0.25) is 15.0 Å². The summed E-state index contributed by atoms with van der Waals surface area (Å²) >= 11 is 0. The maximum absolute atomic E-state index is 13.0. The largest absolute Gasteiger partial charge is 0.355 e. The topological polar surface area (TPSA) is 105 Å². The molecule has 4 aromatic rings. The summed E-state index contributed by atoms with van der Waals surface area (Å²) in [6, 6.07) is 23.3. The second-order valence-corrected chi connectivity index (χ2v) is 8.44. The van der Waals surface area contributed by atoms with Crippen molar-refractivity contribution in [1.82, 2.24) is 20.9 Å². The van der Waals surface area contributed by atoms with E-state index in [9.17, 15) is 14.4 Å². The number of nitrogens with zero attached hydrogens (tertiary/aromatic N) is 2. The highest BCUT2D eigenvalue weighted by Gasteiger charge is 2.48. The molecule has 1 fully saturated rings. The number of hydrogen-bond donors (Lipinski definition) is 2. The number of benzene rings is 3. The lowest BCUT2D eigenvalue weighted by Gasteiger charge is -2.21. The van der Waals surface area contributed by atoms with E-state index in [1.165, 1.54) is 0 Å². The number of fused-ring (bicyclic) bond motifs is 1. The number of hydrogen-bond acceptors (Lipinski definition) is 5. The highest BCUT2D eigenvalue weighted by molar-refractivity contribution is 6.09. The summed E-state index contributed by atoms with van der Waals surface area (Å²) in [6.07, 6.45) is 1.01. The Balaban J connectivity index is 1.33. The molecule has 0 bridgehead atoms. The number of imide groups is 1. The second kappa shape index (κ2) is 8.47. The van der Waals surface area contributed by atoms with Crippen LogP contribution in [0.1, 0.15) is 29.3 Å². The molecule has 8 heteroatoms. The zero-order valence-corrected chi connectivity index (χ0v) is 18.4. The van der Waals surface area contributed by atoms with Crippen molar-refractivity contribution in [2.45, 2.75) is 25.3 Å². The van der Waals surface area contributed by atoms with Gasteiger partial charge in [-0.25, -0.2) is 4.79 Å². The van der Waals surface area contributed by atoms with Gasteiger partial charge in [0.15, 0.2) is 5.76 Å². The third-order valence-corrected chi connectivity index (χ3v) is 6.01. The van der Waals surface area contributed by atoms with Gasteiger partial charge < -0.3 is 9.84 Å². The number of urea groups is 1. The van der Waals surface area contributed by atoms with E-state index in [4.69, 9.17) is 4.52 Å². The average Bonchev–Trinajstić information content (AvgIpc) is 3.38. The van der Waals surface area contributed by atoms with E-state index < -0.39 is 23.4 Å². The van der Waals surface area contributed by atoms with Crippen molar-refractivity contribution in [2.24, 2.45) is 0 Å². The molecule has 1 saturated heterocycles. The van der Waals surface area contributed by atoms with Gasteiger partial charge in [-0.05, 0) is 43.5 Å². The van der Waals surface area contributed by atoms with E-state index in [0.29, 0.717) is 29.5 Å². The molecular weight excluding hydrogens is 432 g/mol. The molecule has 1 aliphatic rings. The molecule has 5 rings (SSSR count). The molecule has 1 unspecified atom stereocenters. The quantitative estimate of drug-likeness (QED) is 0.427. The van der Waals surface area contributed by atoms with Gasteiger partial charge in [-0.15, -0.1) is 0 Å². The monoisotopic (exact) mass is 454 g/mol. The maximum Gasteiger partial charge on any atom is 0.344 e. The Morgan fingerprint density at radius 3 is 2.47 bits per heavy atom. The molecule has 0 saturated carbocycles. The molecule has 1 aromatic heterocycles. The summed E-state index contributed by atoms with van der Waals surface area (Å²) in [6.45, 7) is 1.66. The first-order valence-electron chi connectivity index (χ1n) is 10.9. The Kier molecular flexibility index (Phi) is 5.33. The minimum atomic E-state index is -1.11.